The average molecular weight is 182 g/mol. The number of hydrogen-bond donors (Lipinski definition) is 2. The summed E-state index contributed by atoms with van der Waals surface area (Å²) < 4.78 is 0. The van der Waals surface area contributed by atoms with Crippen LogP contribution in [0.4, 0.5) is 0 Å². The molecule has 2 saturated carbocycles. The first kappa shape index (κ1) is 9.00. The normalized spacial score (nSPS) is 36.5. The van der Waals surface area contributed by atoms with Crippen molar-refractivity contribution < 1.29 is 4.79 Å². The summed E-state index contributed by atoms with van der Waals surface area (Å²) in [5.74, 6) is 1.84. The van der Waals surface area contributed by atoms with Crippen LogP contribution in [0.1, 0.15) is 25.7 Å². The van der Waals surface area contributed by atoms with Crippen LogP contribution in [0, 0.1) is 11.8 Å². The fraction of sp³-hybridized carbons (Fsp3) is 0.900. The van der Waals surface area contributed by atoms with E-state index in [2.05, 4.69) is 10.6 Å². The minimum atomic E-state index is 0.153. The SMILES string of the molecule is CNCC(=O)N[C@@H]1C[C@H]2CC[C@H]1C2. The van der Waals surface area contributed by atoms with E-state index in [1.165, 1.54) is 25.7 Å². The quantitative estimate of drug-likeness (QED) is 0.667. The molecule has 2 rings (SSSR count). The highest BCUT2D eigenvalue weighted by Crippen LogP contribution is 2.44. The maximum atomic E-state index is 11.3. The predicted octanol–water partition coefficient (Wildman–Crippen LogP) is 0.511. The predicted molar refractivity (Wildman–Crippen MR) is 51.3 cm³/mol. The largest absolute Gasteiger partial charge is 0.352 e. The van der Waals surface area contributed by atoms with Gasteiger partial charge in [0.25, 0.3) is 0 Å². The van der Waals surface area contributed by atoms with Crippen LogP contribution in [0.2, 0.25) is 0 Å². The molecule has 0 aromatic carbocycles. The fourth-order valence-electron chi connectivity index (χ4n) is 2.84. The summed E-state index contributed by atoms with van der Waals surface area (Å²) in [4.78, 5) is 11.3. The second-order valence-corrected chi connectivity index (χ2v) is 4.38. The Morgan fingerprint density at radius 2 is 2.23 bits per heavy atom. The molecule has 3 atom stereocenters. The topological polar surface area (TPSA) is 41.1 Å². The summed E-state index contributed by atoms with van der Waals surface area (Å²) in [6.07, 6.45) is 5.29. The number of carbonyl (C=O) groups excluding carboxylic acids is 1. The van der Waals surface area contributed by atoms with Crippen molar-refractivity contribution >= 4 is 5.91 Å². The van der Waals surface area contributed by atoms with E-state index in [-0.39, 0.29) is 5.91 Å². The van der Waals surface area contributed by atoms with E-state index in [4.69, 9.17) is 0 Å². The van der Waals surface area contributed by atoms with Crippen LogP contribution in [-0.4, -0.2) is 25.5 Å². The average Bonchev–Trinajstić information content (AvgIpc) is 2.65. The second-order valence-electron chi connectivity index (χ2n) is 4.38. The molecule has 74 valence electrons. The number of rotatable bonds is 3. The highest BCUT2D eigenvalue weighted by atomic mass is 16.1. The van der Waals surface area contributed by atoms with Gasteiger partial charge in [0.15, 0.2) is 0 Å². The molecule has 0 heterocycles. The molecule has 2 bridgehead atoms. The molecular formula is C10H18N2O. The van der Waals surface area contributed by atoms with Gasteiger partial charge in [-0.25, -0.2) is 0 Å². The highest BCUT2D eigenvalue weighted by molar-refractivity contribution is 5.78. The monoisotopic (exact) mass is 182 g/mol. The Morgan fingerprint density at radius 3 is 2.77 bits per heavy atom. The summed E-state index contributed by atoms with van der Waals surface area (Å²) in [7, 11) is 1.81. The molecule has 0 aromatic heterocycles. The van der Waals surface area contributed by atoms with Crippen molar-refractivity contribution in [3.8, 4) is 0 Å². The van der Waals surface area contributed by atoms with Gasteiger partial charge in [0, 0.05) is 6.04 Å². The number of amides is 1. The molecule has 0 radical (unpaired) electrons. The van der Waals surface area contributed by atoms with Gasteiger partial charge in [-0.2, -0.15) is 0 Å². The maximum Gasteiger partial charge on any atom is 0.234 e. The van der Waals surface area contributed by atoms with Gasteiger partial charge in [0.2, 0.25) is 5.91 Å². The zero-order chi connectivity index (χ0) is 9.26. The third-order valence-electron chi connectivity index (χ3n) is 3.42. The molecule has 2 N–H and O–H groups in total. The highest BCUT2D eigenvalue weighted by Gasteiger charge is 2.39. The van der Waals surface area contributed by atoms with Crippen molar-refractivity contribution in [2.45, 2.75) is 31.7 Å². The zero-order valence-corrected chi connectivity index (χ0v) is 8.18. The lowest BCUT2D eigenvalue weighted by Crippen LogP contribution is -2.42. The van der Waals surface area contributed by atoms with Gasteiger partial charge in [-0.3, -0.25) is 4.79 Å². The summed E-state index contributed by atoms with van der Waals surface area (Å²) in [5, 5.41) is 5.98. The Balaban J connectivity index is 1.79. The van der Waals surface area contributed by atoms with Gasteiger partial charge in [-0.05, 0) is 38.1 Å². The molecule has 3 nitrogen and oxygen atoms in total. The summed E-state index contributed by atoms with van der Waals surface area (Å²) >= 11 is 0. The van der Waals surface area contributed by atoms with Crippen LogP contribution in [0.3, 0.4) is 0 Å². The molecule has 0 spiro atoms. The molecule has 0 aliphatic heterocycles. The van der Waals surface area contributed by atoms with Crippen LogP contribution in [0.5, 0.6) is 0 Å². The zero-order valence-electron chi connectivity index (χ0n) is 8.18. The van der Waals surface area contributed by atoms with Gasteiger partial charge < -0.3 is 10.6 Å². The van der Waals surface area contributed by atoms with Crippen LogP contribution in [0.25, 0.3) is 0 Å². The number of carbonyl (C=O) groups is 1. The minimum absolute atomic E-state index is 0.153. The molecule has 2 aliphatic rings. The first-order chi connectivity index (χ1) is 6.29. The van der Waals surface area contributed by atoms with Gasteiger partial charge >= 0.3 is 0 Å². The standard InChI is InChI=1S/C10H18N2O/c1-11-6-10(13)12-9-5-7-2-3-8(9)4-7/h7-9,11H,2-6H2,1H3,(H,12,13)/t7-,8-,9+/m0/s1. The van der Waals surface area contributed by atoms with Crippen molar-refractivity contribution in [3.05, 3.63) is 0 Å². The van der Waals surface area contributed by atoms with Crippen LogP contribution in [0.15, 0.2) is 0 Å². The Hall–Kier alpha value is -0.570. The lowest BCUT2D eigenvalue weighted by atomic mass is 9.95. The molecular weight excluding hydrogens is 164 g/mol. The minimum Gasteiger partial charge on any atom is -0.352 e. The van der Waals surface area contributed by atoms with E-state index in [1.54, 1.807) is 7.05 Å². The number of likely N-dealkylation sites (N-methyl/N-ethyl adjacent to an activating group) is 1. The van der Waals surface area contributed by atoms with E-state index >= 15 is 0 Å². The van der Waals surface area contributed by atoms with E-state index < -0.39 is 0 Å². The lowest BCUT2D eigenvalue weighted by Gasteiger charge is -2.22. The third kappa shape index (κ3) is 1.85. The Bertz CT molecular complexity index is 205. The fourth-order valence-corrected chi connectivity index (χ4v) is 2.84. The summed E-state index contributed by atoms with van der Waals surface area (Å²) in [5.41, 5.74) is 0. The second kappa shape index (κ2) is 3.66. The van der Waals surface area contributed by atoms with Gasteiger partial charge in [-0.15, -0.1) is 0 Å². The lowest BCUT2D eigenvalue weighted by molar-refractivity contribution is -0.121. The van der Waals surface area contributed by atoms with Gasteiger partial charge in [-0.1, -0.05) is 6.42 Å². The number of nitrogens with one attached hydrogen (secondary N) is 2. The van der Waals surface area contributed by atoms with Crippen LogP contribution >= 0.6 is 0 Å². The molecule has 0 unspecified atom stereocenters. The van der Waals surface area contributed by atoms with E-state index in [9.17, 15) is 4.79 Å². The summed E-state index contributed by atoms with van der Waals surface area (Å²) in [6.45, 7) is 0.452. The molecule has 1 amide bonds. The maximum absolute atomic E-state index is 11.3. The van der Waals surface area contributed by atoms with Crippen molar-refractivity contribution in [2.24, 2.45) is 11.8 Å². The molecule has 2 aliphatic carbocycles. The number of fused-ring (bicyclic) bond motifs is 2. The van der Waals surface area contributed by atoms with Crippen LogP contribution in [-0.2, 0) is 4.79 Å². The van der Waals surface area contributed by atoms with Crippen molar-refractivity contribution in [1.82, 2.24) is 10.6 Å². The first-order valence-corrected chi connectivity index (χ1v) is 5.23. The van der Waals surface area contributed by atoms with E-state index in [0.717, 1.165) is 11.8 Å². The van der Waals surface area contributed by atoms with E-state index in [1.807, 2.05) is 0 Å². The van der Waals surface area contributed by atoms with Crippen molar-refractivity contribution in [2.75, 3.05) is 13.6 Å². The van der Waals surface area contributed by atoms with Crippen molar-refractivity contribution in [1.29, 1.82) is 0 Å². The molecule has 13 heavy (non-hydrogen) atoms. The van der Waals surface area contributed by atoms with Gasteiger partial charge in [0.05, 0.1) is 6.54 Å². The molecule has 3 heteroatoms. The van der Waals surface area contributed by atoms with Crippen molar-refractivity contribution in [3.63, 3.8) is 0 Å². The molecule has 0 saturated heterocycles. The number of hydrogen-bond acceptors (Lipinski definition) is 2. The first-order valence-electron chi connectivity index (χ1n) is 5.23. The summed E-state index contributed by atoms with van der Waals surface area (Å²) in [6, 6.07) is 0.486. The van der Waals surface area contributed by atoms with Gasteiger partial charge in [0.1, 0.15) is 0 Å². The molecule has 0 aromatic rings. The van der Waals surface area contributed by atoms with E-state index in [0.29, 0.717) is 12.6 Å². The smallest absolute Gasteiger partial charge is 0.234 e. The third-order valence-corrected chi connectivity index (χ3v) is 3.42. The molecule has 2 fully saturated rings. The van der Waals surface area contributed by atoms with Crippen LogP contribution < -0.4 is 10.6 Å². The Labute approximate surface area is 79.3 Å². The Kier molecular flexibility index (Phi) is 2.54. The Morgan fingerprint density at radius 1 is 1.38 bits per heavy atom.